The number of esters is 1. The van der Waals surface area contributed by atoms with E-state index in [0.29, 0.717) is 6.61 Å². The smallest absolute Gasteiger partial charge is 0.316 e. The van der Waals surface area contributed by atoms with Gasteiger partial charge in [-0.25, -0.2) is 0 Å². The van der Waals surface area contributed by atoms with E-state index in [4.69, 9.17) is 10.5 Å². The van der Waals surface area contributed by atoms with Gasteiger partial charge in [-0.05, 0) is 49.6 Å². The summed E-state index contributed by atoms with van der Waals surface area (Å²) in [5.41, 5.74) is 8.20. The Labute approximate surface area is 167 Å². The standard InChI is InChI=1S/C20H24N2O2.2ClH/c1-2-24-19(23)20(16-6-4-3-5-7-16)12-14-22(15-13-20)18-10-8-17(21)9-11-18;;/h3-11H,2,12-15,21H2,1H3;2*1H. The SMILES string of the molecule is CCOC(=O)C1(c2ccccc2)CCN(c2ccc(N)cc2)CC1.Cl.Cl. The lowest BCUT2D eigenvalue weighted by atomic mass is 9.72. The van der Waals surface area contributed by atoms with E-state index in [1.807, 2.05) is 61.5 Å². The molecule has 1 fully saturated rings. The van der Waals surface area contributed by atoms with Crippen molar-refractivity contribution < 1.29 is 9.53 Å². The highest BCUT2D eigenvalue weighted by molar-refractivity contribution is 5.85. The quantitative estimate of drug-likeness (QED) is 0.620. The lowest BCUT2D eigenvalue weighted by molar-refractivity contribution is -0.151. The topological polar surface area (TPSA) is 55.6 Å². The first-order valence-electron chi connectivity index (χ1n) is 8.49. The second-order valence-corrected chi connectivity index (χ2v) is 6.25. The molecule has 0 saturated carbocycles. The van der Waals surface area contributed by atoms with Crippen LogP contribution in [-0.4, -0.2) is 25.7 Å². The van der Waals surface area contributed by atoms with Crippen molar-refractivity contribution in [2.24, 2.45) is 0 Å². The van der Waals surface area contributed by atoms with Crippen LogP contribution in [0.1, 0.15) is 25.3 Å². The number of rotatable bonds is 4. The van der Waals surface area contributed by atoms with Gasteiger partial charge in [0.05, 0.1) is 12.0 Å². The lowest BCUT2D eigenvalue weighted by Gasteiger charge is -2.41. The minimum atomic E-state index is -0.540. The molecule has 1 aliphatic rings. The molecule has 2 aromatic carbocycles. The molecule has 2 N–H and O–H groups in total. The number of hydrogen-bond donors (Lipinski definition) is 1. The maximum absolute atomic E-state index is 12.8. The fraction of sp³-hybridized carbons (Fsp3) is 0.350. The molecule has 2 aromatic rings. The zero-order valence-corrected chi connectivity index (χ0v) is 16.5. The van der Waals surface area contributed by atoms with Gasteiger partial charge in [-0.2, -0.15) is 0 Å². The summed E-state index contributed by atoms with van der Waals surface area (Å²) in [6.07, 6.45) is 1.50. The summed E-state index contributed by atoms with van der Waals surface area (Å²) in [6.45, 7) is 3.91. The molecule has 0 atom stereocenters. The zero-order chi connectivity index (χ0) is 17.0. The van der Waals surface area contributed by atoms with Crippen molar-refractivity contribution in [2.45, 2.75) is 25.2 Å². The van der Waals surface area contributed by atoms with Crippen molar-refractivity contribution in [3.05, 3.63) is 60.2 Å². The largest absolute Gasteiger partial charge is 0.465 e. The van der Waals surface area contributed by atoms with Crippen molar-refractivity contribution in [3.8, 4) is 0 Å². The minimum absolute atomic E-state index is 0. The molecule has 0 amide bonds. The van der Waals surface area contributed by atoms with Gasteiger partial charge in [0.2, 0.25) is 0 Å². The first kappa shape index (κ1) is 22.1. The zero-order valence-electron chi connectivity index (χ0n) is 14.9. The maximum atomic E-state index is 12.8. The number of nitrogens with two attached hydrogens (primary N) is 1. The highest BCUT2D eigenvalue weighted by Crippen LogP contribution is 2.38. The predicted octanol–water partition coefficient (Wildman–Crippen LogP) is 4.21. The third-order valence-corrected chi connectivity index (χ3v) is 4.87. The summed E-state index contributed by atoms with van der Waals surface area (Å²) in [5, 5.41) is 0. The van der Waals surface area contributed by atoms with Crippen LogP contribution in [0.25, 0.3) is 0 Å². The number of piperidine rings is 1. The van der Waals surface area contributed by atoms with E-state index in [9.17, 15) is 4.79 Å². The molecule has 1 saturated heterocycles. The molecule has 0 unspecified atom stereocenters. The average molecular weight is 397 g/mol. The van der Waals surface area contributed by atoms with E-state index in [0.717, 1.165) is 42.9 Å². The van der Waals surface area contributed by atoms with Crippen molar-refractivity contribution in [2.75, 3.05) is 30.3 Å². The second kappa shape index (κ2) is 9.70. The Hall–Kier alpha value is -1.91. The van der Waals surface area contributed by atoms with Crippen molar-refractivity contribution in [3.63, 3.8) is 0 Å². The molecular weight excluding hydrogens is 371 g/mol. The fourth-order valence-electron chi connectivity index (χ4n) is 3.47. The van der Waals surface area contributed by atoms with E-state index in [1.54, 1.807) is 0 Å². The predicted molar refractivity (Wildman–Crippen MR) is 112 cm³/mol. The normalized spacial score (nSPS) is 15.3. The summed E-state index contributed by atoms with van der Waals surface area (Å²) >= 11 is 0. The van der Waals surface area contributed by atoms with Crippen LogP contribution in [0.4, 0.5) is 11.4 Å². The highest BCUT2D eigenvalue weighted by Gasteiger charge is 2.44. The van der Waals surface area contributed by atoms with Crippen LogP contribution in [0.3, 0.4) is 0 Å². The molecule has 3 rings (SSSR count). The molecule has 0 spiro atoms. The summed E-state index contributed by atoms with van der Waals surface area (Å²) in [5.74, 6) is -0.104. The Bertz CT molecular complexity index is 685. The van der Waals surface area contributed by atoms with Crippen LogP contribution >= 0.6 is 24.8 Å². The Balaban J connectivity index is 0.00000169. The monoisotopic (exact) mass is 396 g/mol. The summed E-state index contributed by atoms with van der Waals surface area (Å²) in [4.78, 5) is 15.1. The molecule has 0 bridgehead atoms. The lowest BCUT2D eigenvalue weighted by Crippen LogP contribution is -2.48. The number of nitrogens with zero attached hydrogens (tertiary/aromatic N) is 1. The van der Waals surface area contributed by atoms with Gasteiger partial charge < -0.3 is 15.4 Å². The van der Waals surface area contributed by atoms with E-state index < -0.39 is 5.41 Å². The molecule has 1 heterocycles. The van der Waals surface area contributed by atoms with Gasteiger partial charge in [-0.1, -0.05) is 30.3 Å². The van der Waals surface area contributed by atoms with Crippen molar-refractivity contribution in [1.82, 2.24) is 0 Å². The van der Waals surface area contributed by atoms with E-state index in [-0.39, 0.29) is 30.8 Å². The van der Waals surface area contributed by atoms with Crippen LogP contribution in [0.15, 0.2) is 54.6 Å². The molecule has 0 aromatic heterocycles. The van der Waals surface area contributed by atoms with E-state index in [2.05, 4.69) is 4.90 Å². The second-order valence-electron chi connectivity index (χ2n) is 6.25. The summed E-state index contributed by atoms with van der Waals surface area (Å²) < 4.78 is 5.42. The molecule has 142 valence electrons. The van der Waals surface area contributed by atoms with Gasteiger partial charge in [0.15, 0.2) is 0 Å². The Morgan fingerprint density at radius 1 is 1.04 bits per heavy atom. The van der Waals surface area contributed by atoms with Gasteiger partial charge in [0.1, 0.15) is 0 Å². The Kier molecular flexibility index (Phi) is 8.25. The van der Waals surface area contributed by atoms with Crippen LogP contribution < -0.4 is 10.6 Å². The Morgan fingerprint density at radius 3 is 2.15 bits per heavy atom. The van der Waals surface area contributed by atoms with Crippen LogP contribution in [0, 0.1) is 0 Å². The number of carbonyl (C=O) groups excluding carboxylic acids is 1. The van der Waals surface area contributed by atoms with Crippen molar-refractivity contribution >= 4 is 42.2 Å². The fourth-order valence-corrected chi connectivity index (χ4v) is 3.47. The third kappa shape index (κ3) is 4.43. The first-order chi connectivity index (χ1) is 11.7. The number of halogens is 2. The number of anilines is 2. The van der Waals surface area contributed by atoms with E-state index >= 15 is 0 Å². The number of benzene rings is 2. The number of ether oxygens (including phenoxy) is 1. The third-order valence-electron chi connectivity index (χ3n) is 4.87. The van der Waals surface area contributed by atoms with Gasteiger partial charge >= 0.3 is 5.97 Å². The first-order valence-corrected chi connectivity index (χ1v) is 8.49. The Morgan fingerprint density at radius 2 is 1.62 bits per heavy atom. The summed E-state index contributed by atoms with van der Waals surface area (Å²) in [6, 6.07) is 17.9. The van der Waals surface area contributed by atoms with E-state index in [1.165, 1.54) is 0 Å². The van der Waals surface area contributed by atoms with Crippen molar-refractivity contribution in [1.29, 1.82) is 0 Å². The highest BCUT2D eigenvalue weighted by atomic mass is 35.5. The summed E-state index contributed by atoms with van der Waals surface area (Å²) in [7, 11) is 0. The molecular formula is C20H26Cl2N2O2. The molecule has 6 heteroatoms. The number of hydrogen-bond acceptors (Lipinski definition) is 4. The molecule has 1 aliphatic heterocycles. The minimum Gasteiger partial charge on any atom is -0.465 e. The van der Waals surface area contributed by atoms with Gasteiger partial charge in [0, 0.05) is 24.5 Å². The maximum Gasteiger partial charge on any atom is 0.316 e. The number of carbonyl (C=O) groups is 1. The van der Waals surface area contributed by atoms with Crippen LogP contribution in [-0.2, 0) is 14.9 Å². The molecule has 26 heavy (non-hydrogen) atoms. The molecule has 4 nitrogen and oxygen atoms in total. The van der Waals surface area contributed by atoms with Gasteiger partial charge in [0.25, 0.3) is 0 Å². The van der Waals surface area contributed by atoms with Crippen LogP contribution in [0.5, 0.6) is 0 Å². The molecule has 0 aliphatic carbocycles. The van der Waals surface area contributed by atoms with Gasteiger partial charge in [-0.15, -0.1) is 24.8 Å². The average Bonchev–Trinajstić information content (AvgIpc) is 2.63. The number of nitrogen functional groups attached to an aromatic ring is 1. The van der Waals surface area contributed by atoms with Gasteiger partial charge in [-0.3, -0.25) is 4.79 Å². The van der Waals surface area contributed by atoms with Crippen LogP contribution in [0.2, 0.25) is 0 Å². The molecule has 0 radical (unpaired) electrons.